The molecule has 2 atom stereocenters. The van der Waals surface area contributed by atoms with Gasteiger partial charge in [-0.15, -0.1) is 0 Å². The van der Waals surface area contributed by atoms with Gasteiger partial charge in [0.05, 0.1) is 31.1 Å². The lowest BCUT2D eigenvalue weighted by molar-refractivity contribution is -0.144. The van der Waals surface area contributed by atoms with Crippen LogP contribution in [0.4, 0.5) is 0 Å². The smallest absolute Gasteiger partial charge is 0.336 e. The van der Waals surface area contributed by atoms with E-state index in [1.807, 2.05) is 12.1 Å². The molecule has 25 heavy (non-hydrogen) atoms. The standard InChI is InChI=1S/C18H25NO5Si/c1-10-14(17(20)22-3)16(15(11(2)19-10)18(21)23-4)12-8-9-13(24-12)25(5,6)7/h8-9,14,16H,1-7H3. The Balaban J connectivity index is 2.64. The monoisotopic (exact) mass is 363 g/mol. The van der Waals surface area contributed by atoms with Crippen molar-refractivity contribution >= 4 is 31.1 Å². The van der Waals surface area contributed by atoms with Gasteiger partial charge in [0, 0.05) is 11.4 Å². The van der Waals surface area contributed by atoms with E-state index in [2.05, 4.69) is 24.6 Å². The minimum atomic E-state index is -1.67. The van der Waals surface area contributed by atoms with E-state index in [1.165, 1.54) is 14.2 Å². The van der Waals surface area contributed by atoms with E-state index in [-0.39, 0.29) is 0 Å². The van der Waals surface area contributed by atoms with Crippen molar-refractivity contribution in [2.24, 2.45) is 10.9 Å². The Labute approximate surface area is 148 Å². The highest BCUT2D eigenvalue weighted by molar-refractivity contribution is 6.87. The molecule has 0 radical (unpaired) electrons. The van der Waals surface area contributed by atoms with Crippen LogP contribution in [-0.2, 0) is 19.1 Å². The Hall–Kier alpha value is -2.15. The fourth-order valence-corrected chi connectivity index (χ4v) is 4.08. The number of methoxy groups -OCH3 is 2. The molecule has 1 aliphatic heterocycles. The summed E-state index contributed by atoms with van der Waals surface area (Å²) < 4.78 is 16.0. The Bertz CT molecular complexity index is 754. The summed E-state index contributed by atoms with van der Waals surface area (Å²) >= 11 is 0. The molecular weight excluding hydrogens is 338 g/mol. The first-order valence-electron chi connectivity index (χ1n) is 8.14. The summed E-state index contributed by atoms with van der Waals surface area (Å²) in [6.07, 6.45) is 0. The van der Waals surface area contributed by atoms with E-state index in [0.29, 0.717) is 22.7 Å². The second kappa shape index (κ2) is 6.99. The number of aliphatic imine (C=N–C) groups is 1. The fourth-order valence-electron chi connectivity index (χ4n) is 3.08. The van der Waals surface area contributed by atoms with Crippen LogP contribution in [0.2, 0.25) is 19.6 Å². The third-order valence-corrected chi connectivity index (χ3v) is 6.11. The summed E-state index contributed by atoms with van der Waals surface area (Å²) in [4.78, 5) is 29.2. The van der Waals surface area contributed by atoms with Gasteiger partial charge in [-0.3, -0.25) is 9.79 Å². The van der Waals surface area contributed by atoms with Crippen molar-refractivity contribution in [2.75, 3.05) is 14.2 Å². The minimum absolute atomic E-state index is 0.333. The van der Waals surface area contributed by atoms with Crippen LogP contribution in [0.15, 0.2) is 32.8 Å². The first-order chi connectivity index (χ1) is 11.6. The van der Waals surface area contributed by atoms with E-state index in [1.54, 1.807) is 13.8 Å². The highest BCUT2D eigenvalue weighted by Crippen LogP contribution is 2.40. The lowest BCUT2D eigenvalue weighted by Crippen LogP contribution is -2.37. The van der Waals surface area contributed by atoms with Gasteiger partial charge in [0.2, 0.25) is 0 Å². The van der Waals surface area contributed by atoms with E-state index < -0.39 is 31.8 Å². The molecule has 2 rings (SSSR count). The van der Waals surface area contributed by atoms with E-state index in [9.17, 15) is 9.59 Å². The number of hydrogen-bond acceptors (Lipinski definition) is 6. The van der Waals surface area contributed by atoms with Gasteiger partial charge in [-0.2, -0.15) is 0 Å². The molecule has 7 heteroatoms. The molecular formula is C18H25NO5Si. The molecule has 2 heterocycles. The van der Waals surface area contributed by atoms with Gasteiger partial charge in [0.1, 0.15) is 19.8 Å². The van der Waals surface area contributed by atoms with Crippen LogP contribution >= 0.6 is 0 Å². The van der Waals surface area contributed by atoms with Gasteiger partial charge in [-0.1, -0.05) is 19.6 Å². The molecule has 1 aliphatic rings. The van der Waals surface area contributed by atoms with Crippen molar-refractivity contribution in [1.29, 1.82) is 0 Å². The Morgan fingerprint density at radius 2 is 1.76 bits per heavy atom. The van der Waals surface area contributed by atoms with Crippen molar-refractivity contribution in [3.8, 4) is 0 Å². The SMILES string of the molecule is COC(=O)C1=C(C)N=C(C)C(C(=O)OC)C1c1ccc([Si](C)(C)C)o1. The maximum absolute atomic E-state index is 12.4. The van der Waals surface area contributed by atoms with E-state index in [4.69, 9.17) is 13.9 Å². The fraction of sp³-hybridized carbons (Fsp3) is 0.500. The van der Waals surface area contributed by atoms with Crippen molar-refractivity contribution in [3.63, 3.8) is 0 Å². The van der Waals surface area contributed by atoms with Crippen LogP contribution < -0.4 is 5.38 Å². The van der Waals surface area contributed by atoms with Crippen LogP contribution in [0, 0.1) is 5.92 Å². The Morgan fingerprint density at radius 1 is 1.12 bits per heavy atom. The van der Waals surface area contributed by atoms with E-state index >= 15 is 0 Å². The summed E-state index contributed by atoms with van der Waals surface area (Å²) in [7, 11) is 0.967. The molecule has 6 nitrogen and oxygen atoms in total. The zero-order valence-corrected chi connectivity index (χ0v) is 16.8. The number of furan rings is 1. The number of rotatable bonds is 4. The molecule has 136 valence electrons. The molecule has 0 N–H and O–H groups in total. The van der Waals surface area contributed by atoms with Crippen molar-refractivity contribution in [1.82, 2.24) is 0 Å². The predicted molar refractivity (Wildman–Crippen MR) is 97.8 cm³/mol. The van der Waals surface area contributed by atoms with Crippen molar-refractivity contribution in [2.45, 2.75) is 39.4 Å². The highest BCUT2D eigenvalue weighted by atomic mass is 28.3. The molecule has 0 aromatic carbocycles. The zero-order chi connectivity index (χ0) is 18.9. The maximum atomic E-state index is 12.4. The number of nitrogens with zero attached hydrogens (tertiary/aromatic N) is 1. The highest BCUT2D eigenvalue weighted by Gasteiger charge is 2.44. The van der Waals surface area contributed by atoms with Crippen LogP contribution in [0.5, 0.6) is 0 Å². The summed E-state index contributed by atoms with van der Waals surface area (Å²) in [5.41, 5.74) is 1.45. The van der Waals surface area contributed by atoms with E-state index in [0.717, 1.165) is 5.38 Å². The first-order valence-corrected chi connectivity index (χ1v) is 11.6. The number of esters is 2. The number of allylic oxidation sites excluding steroid dienone is 1. The van der Waals surface area contributed by atoms with Gasteiger partial charge in [-0.25, -0.2) is 4.79 Å². The summed E-state index contributed by atoms with van der Waals surface area (Å²) in [6.45, 7) is 10.0. The van der Waals surface area contributed by atoms with Crippen molar-refractivity contribution in [3.05, 3.63) is 29.2 Å². The molecule has 1 aromatic rings. The van der Waals surface area contributed by atoms with Crippen LogP contribution in [0.25, 0.3) is 0 Å². The normalized spacial score (nSPS) is 21.0. The lowest BCUT2D eigenvalue weighted by Gasteiger charge is -2.29. The molecule has 0 saturated heterocycles. The van der Waals surface area contributed by atoms with Gasteiger partial charge >= 0.3 is 11.9 Å². The third kappa shape index (κ3) is 3.61. The minimum Gasteiger partial charge on any atom is -0.471 e. The topological polar surface area (TPSA) is 78.1 Å². The lowest BCUT2D eigenvalue weighted by atomic mass is 9.78. The summed E-state index contributed by atoms with van der Waals surface area (Å²) in [5.74, 6) is -1.74. The molecule has 0 aliphatic carbocycles. The number of ether oxygens (including phenoxy) is 2. The second-order valence-corrected chi connectivity index (χ2v) is 12.2. The third-order valence-electron chi connectivity index (χ3n) is 4.36. The quantitative estimate of drug-likeness (QED) is 0.607. The van der Waals surface area contributed by atoms with Crippen LogP contribution in [-0.4, -0.2) is 39.9 Å². The molecule has 2 unspecified atom stereocenters. The molecule has 0 fully saturated rings. The maximum Gasteiger partial charge on any atom is 0.336 e. The Kier molecular flexibility index (Phi) is 5.36. The summed E-state index contributed by atoms with van der Waals surface area (Å²) in [6, 6.07) is 3.77. The second-order valence-electron chi connectivity index (χ2n) is 7.17. The largest absolute Gasteiger partial charge is 0.471 e. The zero-order valence-electron chi connectivity index (χ0n) is 15.8. The average Bonchev–Trinajstić information content (AvgIpc) is 3.02. The first kappa shape index (κ1) is 19.2. The number of carbonyl (C=O) groups is 2. The predicted octanol–water partition coefficient (Wildman–Crippen LogP) is 2.62. The van der Waals surface area contributed by atoms with Crippen LogP contribution in [0.3, 0.4) is 0 Å². The molecule has 0 spiro atoms. The van der Waals surface area contributed by atoms with Crippen LogP contribution in [0.1, 0.15) is 25.5 Å². The van der Waals surface area contributed by atoms with Gasteiger partial charge in [0.15, 0.2) is 0 Å². The molecule has 1 aromatic heterocycles. The number of hydrogen-bond donors (Lipinski definition) is 0. The summed E-state index contributed by atoms with van der Waals surface area (Å²) in [5, 5.41) is 0.910. The molecule has 0 saturated carbocycles. The molecule has 0 amide bonds. The molecule has 0 bridgehead atoms. The average molecular weight is 363 g/mol. The number of carbonyl (C=O) groups excluding carboxylic acids is 2. The van der Waals surface area contributed by atoms with Gasteiger partial charge < -0.3 is 13.9 Å². The Morgan fingerprint density at radius 3 is 2.24 bits per heavy atom. The van der Waals surface area contributed by atoms with Gasteiger partial charge in [-0.05, 0) is 26.0 Å². The van der Waals surface area contributed by atoms with Gasteiger partial charge in [0.25, 0.3) is 0 Å². The van der Waals surface area contributed by atoms with Crippen molar-refractivity contribution < 1.29 is 23.5 Å².